The molecule has 2 aromatic rings. The molecule has 0 radical (unpaired) electrons. The van der Waals surface area contributed by atoms with Crippen LogP contribution in [-0.4, -0.2) is 32.5 Å². The van der Waals surface area contributed by atoms with Crippen molar-refractivity contribution >= 4 is 28.3 Å². The maximum absolute atomic E-state index is 11.0. The average Bonchev–Trinajstić information content (AvgIpc) is 3.04. The molecule has 1 aliphatic heterocycles. The lowest BCUT2D eigenvalue weighted by molar-refractivity contribution is -0.384. The zero-order valence-electron chi connectivity index (χ0n) is 12.5. The second kappa shape index (κ2) is 6.22. The number of nitro groups is 1. The van der Waals surface area contributed by atoms with Gasteiger partial charge in [-0.2, -0.15) is 0 Å². The van der Waals surface area contributed by atoms with Crippen molar-refractivity contribution in [3.8, 4) is 0 Å². The van der Waals surface area contributed by atoms with E-state index in [0.717, 1.165) is 24.5 Å². The number of fused-ring (bicyclic) bond motifs is 1. The van der Waals surface area contributed by atoms with Gasteiger partial charge < -0.3 is 4.57 Å². The van der Waals surface area contributed by atoms with E-state index < -0.39 is 4.92 Å². The summed E-state index contributed by atoms with van der Waals surface area (Å²) in [5, 5.41) is 11.3. The fourth-order valence-electron chi connectivity index (χ4n) is 3.21. The number of non-ortho nitro benzene ring substituents is 1. The molecule has 1 fully saturated rings. The summed E-state index contributed by atoms with van der Waals surface area (Å²) in [4.78, 5) is 17.2. The lowest BCUT2D eigenvalue weighted by Gasteiger charge is -2.17. The van der Waals surface area contributed by atoms with Crippen LogP contribution in [0.2, 0.25) is 5.28 Å². The number of likely N-dealkylation sites (tertiary alicyclic amines) is 1. The van der Waals surface area contributed by atoms with Crippen LogP contribution in [-0.2, 0) is 6.67 Å². The topological polar surface area (TPSA) is 64.2 Å². The Balaban J connectivity index is 1.85. The summed E-state index contributed by atoms with van der Waals surface area (Å²) < 4.78 is 1.86. The standard InChI is InChI=1S/C15H19ClN4O2/c1-2-3-11-6-7-18(9-11)10-19-14-8-12(20(21)22)4-5-13(14)17-15(19)16/h4-5,8,11H,2-3,6-7,9-10H2,1H3. The van der Waals surface area contributed by atoms with E-state index in [2.05, 4.69) is 16.8 Å². The molecular weight excluding hydrogens is 304 g/mol. The van der Waals surface area contributed by atoms with Gasteiger partial charge in [0, 0.05) is 25.2 Å². The van der Waals surface area contributed by atoms with E-state index in [1.165, 1.54) is 25.3 Å². The number of rotatable bonds is 5. The fraction of sp³-hybridized carbons (Fsp3) is 0.533. The van der Waals surface area contributed by atoms with E-state index in [9.17, 15) is 10.1 Å². The van der Waals surface area contributed by atoms with E-state index in [4.69, 9.17) is 11.6 Å². The highest BCUT2D eigenvalue weighted by Gasteiger charge is 2.23. The van der Waals surface area contributed by atoms with Crippen LogP contribution in [0.25, 0.3) is 11.0 Å². The van der Waals surface area contributed by atoms with Crippen molar-refractivity contribution in [2.75, 3.05) is 13.1 Å². The van der Waals surface area contributed by atoms with Gasteiger partial charge in [0.25, 0.3) is 5.69 Å². The van der Waals surface area contributed by atoms with Crippen LogP contribution in [0.3, 0.4) is 0 Å². The molecule has 1 unspecified atom stereocenters. The van der Waals surface area contributed by atoms with Gasteiger partial charge in [-0.05, 0) is 36.4 Å². The van der Waals surface area contributed by atoms with Crippen molar-refractivity contribution in [3.05, 3.63) is 33.6 Å². The molecule has 0 bridgehead atoms. The minimum Gasteiger partial charge on any atom is -0.301 e. The van der Waals surface area contributed by atoms with Crippen LogP contribution >= 0.6 is 11.6 Å². The number of imidazole rings is 1. The first-order chi connectivity index (χ1) is 10.6. The van der Waals surface area contributed by atoms with Gasteiger partial charge in [0.1, 0.15) is 0 Å². The molecule has 7 heteroatoms. The Morgan fingerprint density at radius 2 is 2.32 bits per heavy atom. The maximum atomic E-state index is 11.0. The summed E-state index contributed by atoms with van der Waals surface area (Å²) in [7, 11) is 0. The largest absolute Gasteiger partial charge is 0.301 e. The molecule has 1 aromatic heterocycles. The van der Waals surface area contributed by atoms with Gasteiger partial charge in [0.05, 0.1) is 22.6 Å². The summed E-state index contributed by atoms with van der Waals surface area (Å²) in [6, 6.07) is 4.66. The third-order valence-electron chi connectivity index (χ3n) is 4.30. The van der Waals surface area contributed by atoms with Gasteiger partial charge in [-0.3, -0.25) is 15.0 Å². The van der Waals surface area contributed by atoms with Crippen molar-refractivity contribution in [1.82, 2.24) is 14.5 Å². The Morgan fingerprint density at radius 3 is 3.05 bits per heavy atom. The molecule has 2 heterocycles. The first-order valence-electron chi connectivity index (χ1n) is 7.61. The molecule has 0 N–H and O–H groups in total. The van der Waals surface area contributed by atoms with Gasteiger partial charge in [0.2, 0.25) is 5.28 Å². The molecule has 1 aromatic carbocycles. The smallest absolute Gasteiger partial charge is 0.271 e. The van der Waals surface area contributed by atoms with Crippen LogP contribution < -0.4 is 0 Å². The van der Waals surface area contributed by atoms with E-state index in [0.29, 0.717) is 17.5 Å². The minimum absolute atomic E-state index is 0.0654. The Kier molecular flexibility index (Phi) is 4.31. The number of hydrogen-bond donors (Lipinski definition) is 0. The van der Waals surface area contributed by atoms with Gasteiger partial charge in [-0.25, -0.2) is 4.98 Å². The van der Waals surface area contributed by atoms with Crippen LogP contribution in [0, 0.1) is 16.0 Å². The molecule has 3 rings (SSSR count). The molecule has 1 aliphatic rings. The van der Waals surface area contributed by atoms with Crippen LogP contribution in [0.5, 0.6) is 0 Å². The number of nitrogens with zero attached hydrogens (tertiary/aromatic N) is 4. The number of benzene rings is 1. The van der Waals surface area contributed by atoms with Crippen LogP contribution in [0.15, 0.2) is 18.2 Å². The predicted octanol–water partition coefficient (Wildman–Crippen LogP) is 3.68. The number of nitro benzene ring substituents is 1. The van der Waals surface area contributed by atoms with Crippen molar-refractivity contribution in [1.29, 1.82) is 0 Å². The third kappa shape index (κ3) is 2.94. The van der Waals surface area contributed by atoms with Crippen molar-refractivity contribution in [2.45, 2.75) is 32.9 Å². The second-order valence-corrected chi connectivity index (χ2v) is 6.24. The molecule has 0 amide bonds. The SMILES string of the molecule is CCCC1CCN(Cn2c(Cl)nc3ccc([N+](=O)[O-])cc32)C1. The van der Waals surface area contributed by atoms with Gasteiger partial charge in [-0.1, -0.05) is 13.3 Å². The summed E-state index contributed by atoms with van der Waals surface area (Å²) in [5.41, 5.74) is 1.48. The molecule has 6 nitrogen and oxygen atoms in total. The molecule has 1 atom stereocenters. The number of halogens is 1. The van der Waals surface area contributed by atoms with Gasteiger partial charge in [0.15, 0.2) is 0 Å². The highest BCUT2D eigenvalue weighted by Crippen LogP contribution is 2.27. The number of hydrogen-bond acceptors (Lipinski definition) is 4. The molecule has 22 heavy (non-hydrogen) atoms. The van der Waals surface area contributed by atoms with Crippen molar-refractivity contribution < 1.29 is 4.92 Å². The maximum Gasteiger partial charge on any atom is 0.271 e. The molecule has 0 aliphatic carbocycles. The molecular formula is C15H19ClN4O2. The van der Waals surface area contributed by atoms with Crippen molar-refractivity contribution in [3.63, 3.8) is 0 Å². The monoisotopic (exact) mass is 322 g/mol. The quantitative estimate of drug-likeness (QED) is 0.622. The van der Waals surface area contributed by atoms with Crippen LogP contribution in [0.1, 0.15) is 26.2 Å². The van der Waals surface area contributed by atoms with Gasteiger partial charge >= 0.3 is 0 Å². The summed E-state index contributed by atoms with van der Waals surface area (Å²) in [5.74, 6) is 0.743. The highest BCUT2D eigenvalue weighted by molar-refractivity contribution is 6.29. The Labute approximate surface area is 133 Å². The lowest BCUT2D eigenvalue weighted by atomic mass is 10.0. The fourth-order valence-corrected chi connectivity index (χ4v) is 3.45. The second-order valence-electron chi connectivity index (χ2n) is 5.90. The Hall–Kier alpha value is -1.66. The van der Waals surface area contributed by atoms with E-state index in [1.807, 2.05) is 4.57 Å². The molecule has 0 spiro atoms. The highest BCUT2D eigenvalue weighted by atomic mass is 35.5. The summed E-state index contributed by atoms with van der Waals surface area (Å²) in [6.45, 7) is 4.94. The number of aromatic nitrogens is 2. The Morgan fingerprint density at radius 1 is 1.50 bits per heavy atom. The lowest BCUT2D eigenvalue weighted by Crippen LogP contribution is -2.24. The first kappa shape index (κ1) is 15.2. The zero-order valence-corrected chi connectivity index (χ0v) is 13.3. The molecule has 1 saturated heterocycles. The van der Waals surface area contributed by atoms with E-state index >= 15 is 0 Å². The zero-order chi connectivity index (χ0) is 15.7. The van der Waals surface area contributed by atoms with Crippen molar-refractivity contribution in [2.24, 2.45) is 5.92 Å². The van der Waals surface area contributed by atoms with Gasteiger partial charge in [-0.15, -0.1) is 0 Å². The summed E-state index contributed by atoms with van der Waals surface area (Å²) >= 11 is 6.23. The minimum atomic E-state index is -0.391. The molecule has 0 saturated carbocycles. The van der Waals surface area contributed by atoms with E-state index in [-0.39, 0.29) is 5.69 Å². The average molecular weight is 323 g/mol. The molecule has 118 valence electrons. The van der Waals surface area contributed by atoms with E-state index in [1.54, 1.807) is 12.1 Å². The third-order valence-corrected chi connectivity index (χ3v) is 4.59. The predicted molar refractivity (Wildman–Crippen MR) is 86.0 cm³/mol. The first-order valence-corrected chi connectivity index (χ1v) is 7.98. The normalized spacial score (nSPS) is 19.1. The summed E-state index contributed by atoms with van der Waals surface area (Å²) in [6.07, 6.45) is 3.66. The Bertz CT molecular complexity index is 700. The van der Waals surface area contributed by atoms with Crippen LogP contribution in [0.4, 0.5) is 5.69 Å².